The number of allylic oxidation sites excluding steroid dienone is 16. The van der Waals surface area contributed by atoms with Crippen molar-refractivity contribution in [1.29, 1.82) is 0 Å². The molecule has 0 bridgehead atoms. The van der Waals surface area contributed by atoms with Crippen molar-refractivity contribution in [2.24, 2.45) is 0 Å². The van der Waals surface area contributed by atoms with Crippen LogP contribution in [0, 0.1) is 0 Å². The highest BCUT2D eigenvalue weighted by molar-refractivity contribution is 7.47. The largest absolute Gasteiger partial charge is 0.472 e. The maximum Gasteiger partial charge on any atom is 0.472 e. The van der Waals surface area contributed by atoms with Crippen LogP contribution >= 0.6 is 7.82 Å². The molecule has 12 heteroatoms. The molecule has 0 aromatic heterocycles. The number of phosphoric ester groups is 1. The van der Waals surface area contributed by atoms with Crippen LogP contribution in [0.5, 0.6) is 0 Å². The highest BCUT2D eigenvalue weighted by atomic mass is 31.2. The van der Waals surface area contributed by atoms with Gasteiger partial charge in [0.2, 0.25) is 0 Å². The fraction of sp³-hybridized carbons (Fsp3) is 0.712. The first kappa shape index (κ1) is 74.4. The highest BCUT2D eigenvalue weighted by Crippen LogP contribution is 2.43. The van der Waals surface area contributed by atoms with Gasteiger partial charge in [0.25, 0.3) is 0 Å². The van der Waals surface area contributed by atoms with Gasteiger partial charge in [0.05, 0.1) is 19.8 Å². The molecule has 2 N–H and O–H groups in total. The van der Waals surface area contributed by atoms with Gasteiger partial charge in [0, 0.05) is 19.3 Å². The highest BCUT2D eigenvalue weighted by Gasteiger charge is 2.28. The number of phosphoric acid groups is 1. The van der Waals surface area contributed by atoms with Gasteiger partial charge < -0.3 is 24.2 Å². The second kappa shape index (κ2) is 59.5. The SMILES string of the molecule is CC/C=C\C/C=C\C/C=C\CCCCCCCC(=O)OCC(COP(=O)(O)OCC(CO)OC(=O)CCCCCCCCC/C=C\C/C=C\CCCCC)OC(=O)CCCCCCCC/C=C\C/C=C\C/C=C\CCCCC. The molecule has 0 rings (SSSR count). The predicted octanol–water partition coefficient (Wildman–Crippen LogP) is 18.8. The van der Waals surface area contributed by atoms with Gasteiger partial charge in [-0.05, 0) is 122 Å². The Labute approximate surface area is 476 Å². The van der Waals surface area contributed by atoms with E-state index in [-0.39, 0.29) is 25.9 Å². The Balaban J connectivity index is 4.75. The third kappa shape index (κ3) is 57.1. The Morgan fingerprint density at radius 1 is 0.372 bits per heavy atom. The zero-order valence-corrected chi connectivity index (χ0v) is 50.5. The molecule has 0 aliphatic heterocycles. The van der Waals surface area contributed by atoms with Crippen molar-refractivity contribution < 1.29 is 52.2 Å². The fourth-order valence-corrected chi connectivity index (χ4v) is 9.01. The van der Waals surface area contributed by atoms with Crippen LogP contribution in [0.25, 0.3) is 0 Å². The van der Waals surface area contributed by atoms with E-state index in [2.05, 4.69) is 118 Å². The van der Waals surface area contributed by atoms with Crippen molar-refractivity contribution in [1.82, 2.24) is 0 Å². The van der Waals surface area contributed by atoms with Gasteiger partial charge in [0.15, 0.2) is 6.10 Å². The molecule has 0 aromatic carbocycles. The molecule has 0 radical (unpaired) electrons. The lowest BCUT2D eigenvalue weighted by atomic mass is 10.1. The molecule has 0 aromatic rings. The number of carbonyl (C=O) groups excluding carboxylic acids is 3. The predicted molar refractivity (Wildman–Crippen MR) is 325 cm³/mol. The molecule has 3 unspecified atom stereocenters. The Morgan fingerprint density at radius 2 is 0.667 bits per heavy atom. The van der Waals surface area contributed by atoms with E-state index in [1.54, 1.807) is 0 Å². The molecular formula is C66H113O11P. The van der Waals surface area contributed by atoms with Crippen molar-refractivity contribution in [2.45, 2.75) is 277 Å². The van der Waals surface area contributed by atoms with Crippen LogP contribution in [0.15, 0.2) is 97.2 Å². The summed E-state index contributed by atoms with van der Waals surface area (Å²) in [6, 6.07) is 0. The smallest absolute Gasteiger partial charge is 0.462 e. The van der Waals surface area contributed by atoms with Crippen molar-refractivity contribution in [3.05, 3.63) is 97.2 Å². The molecule has 0 heterocycles. The second-order valence-electron chi connectivity index (χ2n) is 20.5. The van der Waals surface area contributed by atoms with Crippen molar-refractivity contribution >= 4 is 25.7 Å². The van der Waals surface area contributed by atoms with E-state index in [0.29, 0.717) is 19.3 Å². The standard InChI is InChI=1S/C66H113O11P/c1-4-7-10-13-16-19-22-25-28-30-31-33-36-39-42-45-48-51-54-57-66(70)77-63(59-73-64(68)55-52-49-46-43-40-37-34-27-24-21-18-15-12-9-6-3)61-75-78(71,72)74-60-62(58-67)76-65(69)56-53-50-47-44-41-38-35-32-29-26-23-20-17-14-11-8-5-2/h9,12,16-21,25-29,31,33-34,62-63,67H,4-8,10-11,13-15,22-24,30,32,35-61H2,1-3H3,(H,71,72)/b12-9-,19-16-,20-17-,21-18-,28-25-,29-26-,33-31-,34-27-. The van der Waals surface area contributed by atoms with Crippen molar-refractivity contribution in [3.63, 3.8) is 0 Å². The first-order valence-electron chi connectivity index (χ1n) is 31.1. The minimum Gasteiger partial charge on any atom is -0.462 e. The van der Waals surface area contributed by atoms with E-state index < -0.39 is 57.8 Å². The summed E-state index contributed by atoms with van der Waals surface area (Å²) in [7, 11) is -4.77. The maximum absolute atomic E-state index is 12.9. The molecular weight excluding hydrogens is 1000 g/mol. The van der Waals surface area contributed by atoms with Crippen LogP contribution in [0.2, 0.25) is 0 Å². The van der Waals surface area contributed by atoms with Crippen LogP contribution in [0.4, 0.5) is 0 Å². The summed E-state index contributed by atoms with van der Waals surface area (Å²) in [6.45, 7) is 4.45. The normalized spacial score (nSPS) is 14.0. The molecule has 0 saturated heterocycles. The molecule has 448 valence electrons. The average Bonchev–Trinajstić information content (AvgIpc) is 3.43. The summed E-state index contributed by atoms with van der Waals surface area (Å²) in [5.74, 6) is -1.51. The lowest BCUT2D eigenvalue weighted by molar-refractivity contribution is -0.161. The second-order valence-corrected chi connectivity index (χ2v) is 21.9. The molecule has 0 spiro atoms. The minimum absolute atomic E-state index is 0.145. The van der Waals surface area contributed by atoms with E-state index in [4.69, 9.17) is 23.3 Å². The molecule has 0 aliphatic rings. The van der Waals surface area contributed by atoms with Crippen LogP contribution in [-0.4, -0.2) is 66.5 Å². The first-order chi connectivity index (χ1) is 38.2. The number of aliphatic hydroxyl groups excluding tert-OH is 1. The van der Waals surface area contributed by atoms with E-state index in [1.165, 1.54) is 64.2 Å². The van der Waals surface area contributed by atoms with Crippen molar-refractivity contribution in [3.8, 4) is 0 Å². The summed E-state index contributed by atoms with van der Waals surface area (Å²) in [5.41, 5.74) is 0. The summed E-state index contributed by atoms with van der Waals surface area (Å²) < 4.78 is 39.6. The molecule has 78 heavy (non-hydrogen) atoms. The molecule has 0 fully saturated rings. The van der Waals surface area contributed by atoms with Gasteiger partial charge in [-0.3, -0.25) is 23.4 Å². The lowest BCUT2D eigenvalue weighted by Crippen LogP contribution is -2.30. The Morgan fingerprint density at radius 3 is 1.03 bits per heavy atom. The van der Waals surface area contributed by atoms with Crippen LogP contribution in [0.1, 0.15) is 265 Å². The number of carbonyl (C=O) groups is 3. The summed E-state index contributed by atoms with van der Waals surface area (Å²) in [5, 5.41) is 9.85. The topological polar surface area (TPSA) is 155 Å². The van der Waals surface area contributed by atoms with E-state index >= 15 is 0 Å². The Hall–Kier alpha value is -3.60. The zero-order valence-electron chi connectivity index (χ0n) is 49.6. The van der Waals surface area contributed by atoms with Gasteiger partial charge in [-0.1, -0.05) is 221 Å². The molecule has 0 amide bonds. The fourth-order valence-electron chi connectivity index (χ4n) is 8.23. The zero-order chi connectivity index (χ0) is 56.9. The Kier molecular flexibility index (Phi) is 56.8. The Bertz CT molecular complexity index is 1680. The van der Waals surface area contributed by atoms with E-state index in [0.717, 1.165) is 141 Å². The number of aliphatic hydroxyl groups is 1. The third-order valence-electron chi connectivity index (χ3n) is 13.0. The first-order valence-corrected chi connectivity index (χ1v) is 32.6. The van der Waals surface area contributed by atoms with Crippen LogP contribution in [0.3, 0.4) is 0 Å². The number of hydrogen-bond acceptors (Lipinski definition) is 10. The van der Waals surface area contributed by atoms with E-state index in [1.807, 2.05) is 0 Å². The number of ether oxygens (including phenoxy) is 3. The number of unbranched alkanes of at least 4 members (excludes halogenated alkanes) is 24. The quantitative estimate of drug-likeness (QED) is 0.0197. The summed E-state index contributed by atoms with van der Waals surface area (Å²) in [6.07, 6.45) is 70.6. The molecule has 3 atom stereocenters. The molecule has 0 saturated carbocycles. The molecule has 0 aliphatic carbocycles. The third-order valence-corrected chi connectivity index (χ3v) is 13.9. The van der Waals surface area contributed by atoms with E-state index in [9.17, 15) is 28.9 Å². The summed E-state index contributed by atoms with van der Waals surface area (Å²) >= 11 is 0. The molecule has 11 nitrogen and oxygen atoms in total. The number of esters is 3. The van der Waals surface area contributed by atoms with Gasteiger partial charge in [-0.15, -0.1) is 0 Å². The number of rotatable bonds is 57. The lowest BCUT2D eigenvalue weighted by Gasteiger charge is -2.21. The summed E-state index contributed by atoms with van der Waals surface area (Å²) in [4.78, 5) is 48.7. The monoisotopic (exact) mass is 1110 g/mol. The van der Waals surface area contributed by atoms with Gasteiger partial charge in [0.1, 0.15) is 12.7 Å². The van der Waals surface area contributed by atoms with Crippen LogP contribution < -0.4 is 0 Å². The number of hydrogen-bond donors (Lipinski definition) is 2. The van der Waals surface area contributed by atoms with Crippen LogP contribution in [-0.2, 0) is 42.2 Å². The van der Waals surface area contributed by atoms with Gasteiger partial charge in [-0.2, -0.15) is 0 Å². The van der Waals surface area contributed by atoms with Gasteiger partial charge >= 0.3 is 25.7 Å². The maximum atomic E-state index is 12.9. The average molecular weight is 1110 g/mol. The minimum atomic E-state index is -4.77. The van der Waals surface area contributed by atoms with Gasteiger partial charge in [-0.25, -0.2) is 4.57 Å². The van der Waals surface area contributed by atoms with Crippen molar-refractivity contribution in [2.75, 3.05) is 26.4 Å².